The normalized spacial score (nSPS) is 14.9. The van der Waals surface area contributed by atoms with Gasteiger partial charge in [0, 0.05) is 11.1 Å². The molecule has 7 nitrogen and oxygen atoms in total. The van der Waals surface area contributed by atoms with Crippen molar-refractivity contribution >= 4 is 5.91 Å². The number of amides is 1. The van der Waals surface area contributed by atoms with Crippen molar-refractivity contribution in [2.24, 2.45) is 0 Å². The summed E-state index contributed by atoms with van der Waals surface area (Å²) in [6, 6.07) is 10.6. The van der Waals surface area contributed by atoms with Gasteiger partial charge in [0.2, 0.25) is 0 Å². The van der Waals surface area contributed by atoms with Crippen molar-refractivity contribution in [1.29, 1.82) is 0 Å². The number of nitrogens with one attached hydrogen (secondary N) is 2. The highest BCUT2D eigenvalue weighted by Gasteiger charge is 2.46. The molecule has 156 valence electrons. The molecule has 2 N–H and O–H groups in total. The van der Waals surface area contributed by atoms with Crippen LogP contribution in [-0.2, 0) is 5.54 Å². The van der Waals surface area contributed by atoms with E-state index in [0.717, 1.165) is 0 Å². The van der Waals surface area contributed by atoms with Crippen LogP contribution in [0.5, 0.6) is 5.75 Å². The van der Waals surface area contributed by atoms with Crippen molar-refractivity contribution in [1.82, 2.24) is 15.5 Å². The summed E-state index contributed by atoms with van der Waals surface area (Å²) in [7, 11) is 0. The Bertz CT molecular complexity index is 1160. The molecule has 4 rings (SSSR count). The van der Waals surface area contributed by atoms with Gasteiger partial charge < -0.3 is 10.1 Å². The van der Waals surface area contributed by atoms with E-state index in [9.17, 15) is 22.8 Å². The Morgan fingerprint density at radius 3 is 2.63 bits per heavy atom. The number of aromatic nitrogens is 2. The van der Waals surface area contributed by atoms with Gasteiger partial charge in [-0.05, 0) is 49.1 Å². The summed E-state index contributed by atoms with van der Waals surface area (Å²) in [5, 5.41) is 6.53. The van der Waals surface area contributed by atoms with E-state index in [1.165, 1.54) is 18.2 Å². The van der Waals surface area contributed by atoms with E-state index in [4.69, 9.17) is 0 Å². The highest BCUT2D eigenvalue weighted by Crippen LogP contribution is 2.46. The number of benzene rings is 2. The summed E-state index contributed by atoms with van der Waals surface area (Å²) in [5.74, 6) is -1.25. The summed E-state index contributed by atoms with van der Waals surface area (Å²) >= 11 is 0. The number of alkyl halides is 3. The van der Waals surface area contributed by atoms with Gasteiger partial charge in [-0.15, -0.1) is 13.2 Å². The van der Waals surface area contributed by atoms with Crippen LogP contribution >= 0.6 is 0 Å². The third-order valence-corrected chi connectivity index (χ3v) is 4.92. The Morgan fingerprint density at radius 2 is 2.00 bits per heavy atom. The first-order valence-corrected chi connectivity index (χ1v) is 9.01. The molecule has 1 aliphatic carbocycles. The van der Waals surface area contributed by atoms with E-state index in [1.807, 2.05) is 0 Å². The number of halogens is 3. The SMILES string of the molecule is Cc1ccc(-c2noc(=O)[nH]2)cc1C(=O)NC1(c2cccc(OC(F)(F)F)c2)CC1. The first-order chi connectivity index (χ1) is 14.2. The molecule has 1 amide bonds. The van der Waals surface area contributed by atoms with E-state index in [1.54, 1.807) is 31.2 Å². The van der Waals surface area contributed by atoms with Gasteiger partial charge in [-0.1, -0.05) is 29.4 Å². The predicted molar refractivity (Wildman–Crippen MR) is 98.8 cm³/mol. The van der Waals surface area contributed by atoms with Crippen molar-refractivity contribution in [2.45, 2.75) is 31.7 Å². The molecule has 0 aliphatic heterocycles. The predicted octanol–water partition coefficient (Wildman–Crippen LogP) is 3.66. The van der Waals surface area contributed by atoms with Gasteiger partial charge in [-0.3, -0.25) is 14.3 Å². The number of H-pyrrole nitrogens is 1. The maximum Gasteiger partial charge on any atom is 0.573 e. The number of nitrogens with zero attached hydrogens (tertiary/aromatic N) is 1. The van der Waals surface area contributed by atoms with Crippen molar-refractivity contribution < 1.29 is 27.2 Å². The highest BCUT2D eigenvalue weighted by atomic mass is 19.4. The van der Waals surface area contributed by atoms with Gasteiger partial charge >= 0.3 is 12.1 Å². The smallest absolute Gasteiger partial charge is 0.406 e. The molecule has 0 unspecified atom stereocenters. The second-order valence-electron chi connectivity index (χ2n) is 7.09. The first-order valence-electron chi connectivity index (χ1n) is 9.01. The molecule has 10 heteroatoms. The van der Waals surface area contributed by atoms with Gasteiger partial charge in [-0.2, -0.15) is 0 Å². The molecular formula is C20H16F3N3O4. The number of aryl methyl sites for hydroxylation is 1. The van der Waals surface area contributed by atoms with Crippen LogP contribution in [0, 0.1) is 6.92 Å². The Labute approximate surface area is 167 Å². The molecule has 0 atom stereocenters. The van der Waals surface area contributed by atoms with Crippen LogP contribution in [0.4, 0.5) is 13.2 Å². The van der Waals surface area contributed by atoms with Crippen LogP contribution in [0.2, 0.25) is 0 Å². The fourth-order valence-electron chi connectivity index (χ4n) is 3.25. The summed E-state index contributed by atoms with van der Waals surface area (Å²) in [6.07, 6.45) is -3.62. The van der Waals surface area contributed by atoms with E-state index in [2.05, 4.69) is 24.7 Å². The van der Waals surface area contributed by atoms with Crippen molar-refractivity contribution in [3.63, 3.8) is 0 Å². The van der Waals surface area contributed by atoms with Crippen LogP contribution in [-0.4, -0.2) is 22.4 Å². The van der Waals surface area contributed by atoms with Crippen LogP contribution < -0.4 is 15.8 Å². The Kier molecular flexibility index (Phi) is 4.64. The summed E-state index contributed by atoms with van der Waals surface area (Å²) in [6.45, 7) is 1.75. The maximum absolute atomic E-state index is 13.0. The molecule has 0 bridgehead atoms. The Balaban J connectivity index is 1.58. The molecule has 0 radical (unpaired) electrons. The molecule has 2 aromatic carbocycles. The molecular weight excluding hydrogens is 403 g/mol. The first kappa shape index (κ1) is 19.7. The number of hydrogen-bond donors (Lipinski definition) is 2. The lowest BCUT2D eigenvalue weighted by atomic mass is 10.0. The van der Waals surface area contributed by atoms with E-state index < -0.39 is 17.7 Å². The number of ether oxygens (including phenoxy) is 1. The van der Waals surface area contributed by atoms with Crippen molar-refractivity contribution in [3.05, 3.63) is 69.7 Å². The number of carbonyl (C=O) groups is 1. The van der Waals surface area contributed by atoms with Crippen molar-refractivity contribution in [3.8, 4) is 17.1 Å². The monoisotopic (exact) mass is 419 g/mol. The third kappa shape index (κ3) is 4.07. The summed E-state index contributed by atoms with van der Waals surface area (Å²) in [4.78, 5) is 26.5. The quantitative estimate of drug-likeness (QED) is 0.658. The summed E-state index contributed by atoms with van der Waals surface area (Å²) < 4.78 is 46.0. The van der Waals surface area contributed by atoms with Gasteiger partial charge in [0.25, 0.3) is 5.91 Å². The third-order valence-electron chi connectivity index (χ3n) is 4.92. The van der Waals surface area contributed by atoms with Gasteiger partial charge in [-0.25, -0.2) is 4.79 Å². The highest BCUT2D eigenvalue weighted by molar-refractivity contribution is 5.97. The number of hydrogen-bond acceptors (Lipinski definition) is 5. The van der Waals surface area contributed by atoms with E-state index in [0.29, 0.717) is 35.1 Å². The average Bonchev–Trinajstić information content (AvgIpc) is 3.32. The fraction of sp³-hybridized carbons (Fsp3) is 0.250. The molecule has 3 aromatic rings. The van der Waals surface area contributed by atoms with Crippen LogP contribution in [0.3, 0.4) is 0 Å². The standard InChI is InChI=1S/C20H16F3N3O4/c1-11-5-6-12(16-24-18(28)30-26-16)9-15(11)17(27)25-19(7-8-19)13-3-2-4-14(10-13)29-20(21,22)23/h2-6,9-10H,7-8H2,1H3,(H,25,27)(H,24,26,28). The van der Waals surface area contributed by atoms with E-state index >= 15 is 0 Å². The molecule has 30 heavy (non-hydrogen) atoms. The zero-order valence-electron chi connectivity index (χ0n) is 15.7. The molecule has 1 aromatic heterocycles. The molecule has 1 aliphatic rings. The Hall–Kier alpha value is -3.56. The molecule has 0 spiro atoms. The lowest BCUT2D eigenvalue weighted by Gasteiger charge is -2.20. The minimum Gasteiger partial charge on any atom is -0.406 e. The average molecular weight is 419 g/mol. The maximum atomic E-state index is 13.0. The molecule has 1 saturated carbocycles. The molecule has 1 heterocycles. The number of carbonyl (C=O) groups excluding carboxylic acids is 1. The topological polar surface area (TPSA) is 97.2 Å². The minimum absolute atomic E-state index is 0.187. The van der Waals surface area contributed by atoms with Gasteiger partial charge in [0.15, 0.2) is 5.82 Å². The minimum atomic E-state index is -4.79. The van der Waals surface area contributed by atoms with Crippen LogP contribution in [0.15, 0.2) is 51.8 Å². The lowest BCUT2D eigenvalue weighted by molar-refractivity contribution is -0.274. The summed E-state index contributed by atoms with van der Waals surface area (Å²) in [5.41, 5.74) is 1.30. The second-order valence-corrected chi connectivity index (χ2v) is 7.09. The lowest BCUT2D eigenvalue weighted by Crippen LogP contribution is -2.35. The zero-order valence-corrected chi connectivity index (χ0v) is 15.7. The number of aromatic amines is 1. The largest absolute Gasteiger partial charge is 0.573 e. The molecule has 1 fully saturated rings. The number of rotatable bonds is 5. The van der Waals surface area contributed by atoms with Gasteiger partial charge in [0.1, 0.15) is 5.75 Å². The van der Waals surface area contributed by atoms with Crippen LogP contribution in [0.1, 0.15) is 34.3 Å². The Morgan fingerprint density at radius 1 is 1.23 bits per heavy atom. The zero-order chi connectivity index (χ0) is 21.5. The second kappa shape index (κ2) is 7.05. The van der Waals surface area contributed by atoms with Crippen molar-refractivity contribution in [2.75, 3.05) is 0 Å². The van der Waals surface area contributed by atoms with E-state index in [-0.39, 0.29) is 17.5 Å². The van der Waals surface area contributed by atoms with Gasteiger partial charge in [0.05, 0.1) is 5.54 Å². The molecule has 0 saturated heterocycles. The van der Waals surface area contributed by atoms with Crippen LogP contribution in [0.25, 0.3) is 11.4 Å². The fourth-order valence-corrected chi connectivity index (χ4v) is 3.25.